The summed E-state index contributed by atoms with van der Waals surface area (Å²) < 4.78 is 35.6. The van der Waals surface area contributed by atoms with Crippen molar-refractivity contribution in [2.75, 3.05) is 6.54 Å². The van der Waals surface area contributed by atoms with Gasteiger partial charge in [-0.3, -0.25) is 0 Å². The minimum atomic E-state index is -4.27. The van der Waals surface area contributed by atoms with E-state index in [1.54, 1.807) is 17.5 Å². The van der Waals surface area contributed by atoms with Gasteiger partial charge in [-0.2, -0.15) is 13.2 Å². The van der Waals surface area contributed by atoms with Crippen LogP contribution in [0.4, 0.5) is 18.0 Å². The lowest BCUT2D eigenvalue weighted by molar-refractivity contribution is -0.139. The Morgan fingerprint density at radius 2 is 2.10 bits per heavy atom. The maximum absolute atomic E-state index is 11.9. The lowest BCUT2D eigenvalue weighted by atomic mass is 10.2. The number of hydrogen-bond acceptors (Lipinski definition) is 3. The zero-order chi connectivity index (χ0) is 15.2. The molecule has 0 saturated heterocycles. The quantitative estimate of drug-likeness (QED) is 0.706. The van der Waals surface area contributed by atoms with Crippen LogP contribution in [0.5, 0.6) is 0 Å². The molecule has 0 aliphatic heterocycles. The number of thiophene rings is 1. The van der Waals surface area contributed by atoms with Crippen LogP contribution in [0.2, 0.25) is 0 Å². The Labute approximate surface area is 116 Å². The summed E-state index contributed by atoms with van der Waals surface area (Å²) in [6.07, 6.45) is -5.52. The number of urea groups is 1. The maximum atomic E-state index is 11.9. The van der Waals surface area contributed by atoms with E-state index in [4.69, 9.17) is 5.11 Å². The largest absolute Gasteiger partial charge is 0.479 e. The van der Waals surface area contributed by atoms with Gasteiger partial charge in [0.2, 0.25) is 0 Å². The van der Waals surface area contributed by atoms with Crippen LogP contribution < -0.4 is 10.6 Å². The summed E-state index contributed by atoms with van der Waals surface area (Å²) in [4.78, 5) is 22.9. The first kappa shape index (κ1) is 16.3. The highest BCUT2D eigenvalue weighted by Crippen LogP contribution is 2.21. The van der Waals surface area contributed by atoms with E-state index in [1.165, 1.54) is 0 Å². The molecule has 1 heterocycles. The number of halogens is 3. The lowest BCUT2D eigenvalue weighted by Crippen LogP contribution is -2.41. The van der Waals surface area contributed by atoms with Gasteiger partial charge in [-0.1, -0.05) is 6.07 Å². The van der Waals surface area contributed by atoms with Crippen molar-refractivity contribution >= 4 is 23.3 Å². The molecule has 0 fully saturated rings. The Balaban J connectivity index is 2.38. The molecule has 0 radical (unpaired) electrons. The third-order valence-electron chi connectivity index (χ3n) is 2.27. The van der Waals surface area contributed by atoms with Crippen LogP contribution in [0.3, 0.4) is 0 Å². The number of aliphatic carboxylic acids is 1. The Hall–Kier alpha value is -1.77. The molecule has 1 rings (SSSR count). The number of carbonyl (C=O) groups is 2. The van der Waals surface area contributed by atoms with Crippen molar-refractivity contribution in [3.05, 3.63) is 22.4 Å². The molecule has 20 heavy (non-hydrogen) atoms. The number of nitrogens with one attached hydrogen (secondary N) is 2. The number of carbonyl (C=O) groups excluding carboxylic acids is 1. The van der Waals surface area contributed by atoms with Crippen molar-refractivity contribution in [3.8, 4) is 0 Å². The average molecular weight is 310 g/mol. The van der Waals surface area contributed by atoms with Crippen molar-refractivity contribution in [1.82, 2.24) is 10.6 Å². The second kappa shape index (κ2) is 7.13. The van der Waals surface area contributed by atoms with Crippen LogP contribution >= 0.6 is 11.3 Å². The SMILES string of the molecule is O=C(NCCCC(F)(F)F)NC(C(=O)O)c1cccs1. The van der Waals surface area contributed by atoms with Gasteiger partial charge < -0.3 is 15.7 Å². The van der Waals surface area contributed by atoms with Crippen molar-refractivity contribution in [2.24, 2.45) is 0 Å². The number of amides is 2. The van der Waals surface area contributed by atoms with E-state index in [-0.39, 0.29) is 13.0 Å². The number of hydrogen-bond donors (Lipinski definition) is 3. The van der Waals surface area contributed by atoms with Gasteiger partial charge >= 0.3 is 18.2 Å². The summed E-state index contributed by atoms with van der Waals surface area (Å²) in [5.74, 6) is -1.24. The van der Waals surface area contributed by atoms with Crippen molar-refractivity contribution in [3.63, 3.8) is 0 Å². The number of alkyl halides is 3. The first-order valence-electron chi connectivity index (χ1n) is 5.67. The molecule has 9 heteroatoms. The molecule has 2 amide bonds. The topological polar surface area (TPSA) is 78.4 Å². The number of carboxylic acid groups (broad SMARTS) is 1. The highest BCUT2D eigenvalue weighted by atomic mass is 32.1. The van der Waals surface area contributed by atoms with Gasteiger partial charge in [-0.25, -0.2) is 9.59 Å². The van der Waals surface area contributed by atoms with Gasteiger partial charge in [0.15, 0.2) is 6.04 Å². The molecule has 1 atom stereocenters. The summed E-state index contributed by atoms with van der Waals surface area (Å²) in [5.41, 5.74) is 0. The van der Waals surface area contributed by atoms with Crippen LogP contribution in [0, 0.1) is 0 Å². The van der Waals surface area contributed by atoms with Gasteiger partial charge in [0.1, 0.15) is 0 Å². The molecule has 1 aromatic rings. The second-order valence-corrected chi connectivity index (χ2v) is 4.88. The Kier molecular flexibility index (Phi) is 5.81. The predicted molar refractivity (Wildman–Crippen MR) is 66.5 cm³/mol. The standard InChI is InChI=1S/C11H13F3N2O3S/c12-11(13,14)4-2-5-15-10(19)16-8(9(17)18)7-3-1-6-20-7/h1,3,6,8H,2,4-5H2,(H,17,18)(H2,15,16,19). The van der Waals surface area contributed by atoms with Crippen LogP contribution in [0.15, 0.2) is 17.5 Å². The summed E-state index contributed by atoms with van der Waals surface area (Å²) in [7, 11) is 0. The van der Waals surface area contributed by atoms with Gasteiger partial charge in [0.25, 0.3) is 0 Å². The van der Waals surface area contributed by atoms with Gasteiger partial charge in [0.05, 0.1) is 0 Å². The molecule has 0 aliphatic carbocycles. The van der Waals surface area contributed by atoms with Crippen molar-refractivity contribution < 1.29 is 27.9 Å². The summed E-state index contributed by atoms with van der Waals surface area (Å²) in [6.45, 7) is -0.178. The minimum Gasteiger partial charge on any atom is -0.479 e. The fourth-order valence-electron chi connectivity index (χ4n) is 1.38. The van der Waals surface area contributed by atoms with Crippen LogP contribution in [-0.2, 0) is 4.79 Å². The molecular formula is C11H13F3N2O3S. The van der Waals surface area contributed by atoms with Crippen molar-refractivity contribution in [1.29, 1.82) is 0 Å². The number of carboxylic acids is 1. The Bertz CT molecular complexity index is 448. The van der Waals surface area contributed by atoms with Crippen LogP contribution in [0.25, 0.3) is 0 Å². The molecule has 0 saturated carbocycles. The lowest BCUT2D eigenvalue weighted by Gasteiger charge is -2.14. The summed E-state index contributed by atoms with van der Waals surface area (Å²) in [5, 5.41) is 15.0. The van der Waals surface area contributed by atoms with Gasteiger partial charge in [-0.05, 0) is 17.9 Å². The highest BCUT2D eigenvalue weighted by Gasteiger charge is 2.26. The first-order chi connectivity index (χ1) is 9.29. The third-order valence-corrected chi connectivity index (χ3v) is 3.21. The molecule has 0 aromatic carbocycles. The molecule has 3 N–H and O–H groups in total. The van der Waals surface area contributed by atoms with Gasteiger partial charge in [0, 0.05) is 17.8 Å². The fourth-order valence-corrected chi connectivity index (χ4v) is 2.15. The zero-order valence-corrected chi connectivity index (χ0v) is 11.1. The van der Waals surface area contributed by atoms with Gasteiger partial charge in [-0.15, -0.1) is 11.3 Å². The van der Waals surface area contributed by atoms with Crippen LogP contribution in [-0.4, -0.2) is 29.8 Å². The van der Waals surface area contributed by atoms with E-state index < -0.39 is 30.6 Å². The fraction of sp³-hybridized carbons (Fsp3) is 0.455. The molecule has 0 bridgehead atoms. The molecule has 1 unspecified atom stereocenters. The number of rotatable bonds is 6. The first-order valence-corrected chi connectivity index (χ1v) is 6.55. The van der Waals surface area contributed by atoms with Crippen LogP contribution in [0.1, 0.15) is 23.8 Å². The Morgan fingerprint density at radius 1 is 1.40 bits per heavy atom. The van der Waals surface area contributed by atoms with E-state index >= 15 is 0 Å². The van der Waals surface area contributed by atoms with E-state index in [9.17, 15) is 22.8 Å². The molecule has 0 spiro atoms. The highest BCUT2D eigenvalue weighted by molar-refractivity contribution is 7.10. The van der Waals surface area contributed by atoms with E-state index in [1.807, 2.05) is 0 Å². The molecule has 112 valence electrons. The normalized spacial score (nSPS) is 12.8. The molecule has 0 aliphatic rings. The van der Waals surface area contributed by atoms with Crippen molar-refractivity contribution in [2.45, 2.75) is 25.1 Å². The molecular weight excluding hydrogens is 297 g/mol. The average Bonchev–Trinajstić information content (AvgIpc) is 2.83. The van der Waals surface area contributed by atoms with E-state index in [0.29, 0.717) is 4.88 Å². The summed E-state index contributed by atoms with van der Waals surface area (Å²) in [6, 6.07) is 1.16. The van der Waals surface area contributed by atoms with E-state index in [0.717, 1.165) is 11.3 Å². The summed E-state index contributed by atoms with van der Waals surface area (Å²) >= 11 is 1.16. The third kappa shape index (κ3) is 5.91. The molecule has 5 nitrogen and oxygen atoms in total. The maximum Gasteiger partial charge on any atom is 0.389 e. The monoisotopic (exact) mass is 310 g/mol. The Morgan fingerprint density at radius 3 is 2.60 bits per heavy atom. The van der Waals surface area contributed by atoms with E-state index in [2.05, 4.69) is 10.6 Å². The zero-order valence-electron chi connectivity index (χ0n) is 10.2. The minimum absolute atomic E-state index is 0.178. The molecule has 1 aromatic heterocycles. The predicted octanol–water partition coefficient (Wildman–Crippen LogP) is 2.52. The smallest absolute Gasteiger partial charge is 0.389 e. The second-order valence-electron chi connectivity index (χ2n) is 3.91.